The number of aryl methyl sites for hydroxylation is 1. The molecule has 16 heavy (non-hydrogen) atoms. The second-order valence-corrected chi connectivity index (χ2v) is 4.26. The largest absolute Gasteiger partial charge is 0.395 e. The molecule has 0 atom stereocenters. The summed E-state index contributed by atoms with van der Waals surface area (Å²) in [7, 11) is 1.60. The molecule has 0 bridgehead atoms. The fraction of sp³-hybridized carbons (Fsp3) is 0.600. The lowest BCUT2D eigenvalue weighted by molar-refractivity contribution is 0.0228. The number of methoxy groups -OCH3 is 1. The van der Waals surface area contributed by atoms with Crippen LogP contribution in [0.1, 0.15) is 30.0 Å². The molecule has 1 aromatic rings. The number of rotatable bonds is 4. The van der Waals surface area contributed by atoms with E-state index in [0.717, 1.165) is 0 Å². The van der Waals surface area contributed by atoms with E-state index in [1.807, 2.05) is 13.8 Å². The topological polar surface area (TPSA) is 93.0 Å². The van der Waals surface area contributed by atoms with Gasteiger partial charge in [0.05, 0.1) is 17.0 Å². The van der Waals surface area contributed by atoms with Gasteiger partial charge in [0.25, 0.3) is 5.91 Å². The van der Waals surface area contributed by atoms with Crippen molar-refractivity contribution in [2.45, 2.75) is 26.4 Å². The van der Waals surface area contributed by atoms with Crippen LogP contribution in [0.2, 0.25) is 0 Å². The number of H-pyrrole nitrogens is 1. The van der Waals surface area contributed by atoms with Gasteiger partial charge in [0.1, 0.15) is 0 Å². The molecule has 0 saturated carbocycles. The van der Waals surface area contributed by atoms with E-state index in [1.54, 1.807) is 14.0 Å². The third-order valence-electron chi connectivity index (χ3n) is 2.44. The lowest BCUT2D eigenvalue weighted by Gasteiger charge is -2.22. The summed E-state index contributed by atoms with van der Waals surface area (Å²) in [6.07, 6.45) is 0. The molecule has 1 amide bonds. The highest BCUT2D eigenvalue weighted by atomic mass is 16.5. The Kier molecular flexibility index (Phi) is 3.54. The second kappa shape index (κ2) is 4.52. The highest BCUT2D eigenvalue weighted by molar-refractivity contribution is 5.97. The van der Waals surface area contributed by atoms with Crippen molar-refractivity contribution in [2.24, 2.45) is 0 Å². The predicted octanol–water partition coefficient (Wildman–Crippen LogP) is 0.455. The summed E-state index contributed by atoms with van der Waals surface area (Å²) in [4.78, 5) is 11.7. The molecular formula is C10H18N4O2. The van der Waals surface area contributed by atoms with Gasteiger partial charge in [-0.3, -0.25) is 9.89 Å². The minimum absolute atomic E-state index is 0.226. The third-order valence-corrected chi connectivity index (χ3v) is 2.44. The number of aromatic nitrogens is 2. The average Bonchev–Trinajstić information content (AvgIpc) is 2.57. The first-order chi connectivity index (χ1) is 7.37. The van der Waals surface area contributed by atoms with Crippen LogP contribution in [0.3, 0.4) is 0 Å². The molecule has 0 spiro atoms. The Morgan fingerprint density at radius 2 is 2.25 bits per heavy atom. The minimum atomic E-state index is -0.407. The standard InChI is InChI=1S/C10H18N4O2/c1-6-7(11)8(14-13-6)9(15)12-5-10(2,3)16-4/h5,11H2,1-4H3,(H,12,15)(H,13,14). The van der Waals surface area contributed by atoms with Crippen molar-refractivity contribution in [1.29, 1.82) is 0 Å². The van der Waals surface area contributed by atoms with Crippen molar-refractivity contribution in [1.82, 2.24) is 15.5 Å². The first-order valence-corrected chi connectivity index (χ1v) is 5.01. The Balaban J connectivity index is 2.64. The number of aromatic amines is 1. The van der Waals surface area contributed by atoms with Crippen LogP contribution in [0.5, 0.6) is 0 Å². The number of ether oxygens (including phenoxy) is 1. The Bertz CT molecular complexity index is 384. The first kappa shape index (κ1) is 12.5. The van der Waals surface area contributed by atoms with Gasteiger partial charge < -0.3 is 15.8 Å². The highest BCUT2D eigenvalue weighted by Gasteiger charge is 2.20. The molecule has 0 aliphatic heterocycles. The number of hydrogen-bond donors (Lipinski definition) is 3. The molecular weight excluding hydrogens is 208 g/mol. The molecule has 0 aromatic carbocycles. The van der Waals surface area contributed by atoms with Gasteiger partial charge in [-0.2, -0.15) is 5.10 Å². The van der Waals surface area contributed by atoms with Gasteiger partial charge in [-0.25, -0.2) is 0 Å². The summed E-state index contributed by atoms with van der Waals surface area (Å²) in [5.74, 6) is -0.299. The van der Waals surface area contributed by atoms with Crippen LogP contribution in [0.15, 0.2) is 0 Å². The lowest BCUT2D eigenvalue weighted by atomic mass is 10.1. The molecule has 6 nitrogen and oxygen atoms in total. The van der Waals surface area contributed by atoms with E-state index < -0.39 is 5.60 Å². The van der Waals surface area contributed by atoms with E-state index in [4.69, 9.17) is 10.5 Å². The predicted molar refractivity (Wildman–Crippen MR) is 61.2 cm³/mol. The molecule has 1 heterocycles. The van der Waals surface area contributed by atoms with Gasteiger partial charge in [-0.05, 0) is 20.8 Å². The summed E-state index contributed by atoms with van der Waals surface area (Å²) in [6, 6.07) is 0. The molecule has 6 heteroatoms. The zero-order valence-corrected chi connectivity index (χ0v) is 10.0. The summed E-state index contributed by atoms with van der Waals surface area (Å²) in [5, 5.41) is 9.22. The first-order valence-electron chi connectivity index (χ1n) is 5.01. The number of nitrogen functional groups attached to an aromatic ring is 1. The Labute approximate surface area is 94.5 Å². The van der Waals surface area contributed by atoms with Crippen LogP contribution in [-0.4, -0.2) is 35.4 Å². The molecule has 0 fully saturated rings. The zero-order valence-electron chi connectivity index (χ0n) is 10.0. The van der Waals surface area contributed by atoms with Gasteiger partial charge >= 0.3 is 0 Å². The van der Waals surface area contributed by atoms with Crippen molar-refractivity contribution in [3.8, 4) is 0 Å². The molecule has 0 saturated heterocycles. The van der Waals surface area contributed by atoms with Crippen molar-refractivity contribution in [3.05, 3.63) is 11.4 Å². The number of amides is 1. The van der Waals surface area contributed by atoms with E-state index in [9.17, 15) is 4.79 Å². The summed E-state index contributed by atoms with van der Waals surface area (Å²) in [5.41, 5.74) is 6.58. The van der Waals surface area contributed by atoms with E-state index in [2.05, 4.69) is 15.5 Å². The van der Waals surface area contributed by atoms with Crippen LogP contribution in [0.25, 0.3) is 0 Å². The number of carbonyl (C=O) groups is 1. The third kappa shape index (κ3) is 2.73. The molecule has 0 aliphatic carbocycles. The maximum atomic E-state index is 11.7. The van der Waals surface area contributed by atoms with Gasteiger partial charge in [0.2, 0.25) is 0 Å². The van der Waals surface area contributed by atoms with Crippen LogP contribution in [-0.2, 0) is 4.74 Å². The molecule has 4 N–H and O–H groups in total. The number of anilines is 1. The summed E-state index contributed by atoms with van der Waals surface area (Å²) in [6.45, 7) is 5.92. The number of nitrogens with zero attached hydrogens (tertiary/aromatic N) is 1. The lowest BCUT2D eigenvalue weighted by Crippen LogP contribution is -2.40. The maximum absolute atomic E-state index is 11.7. The van der Waals surface area contributed by atoms with Crippen molar-refractivity contribution < 1.29 is 9.53 Å². The molecule has 90 valence electrons. The average molecular weight is 226 g/mol. The monoisotopic (exact) mass is 226 g/mol. The van der Waals surface area contributed by atoms with E-state index in [1.165, 1.54) is 0 Å². The van der Waals surface area contributed by atoms with Crippen LogP contribution < -0.4 is 11.1 Å². The van der Waals surface area contributed by atoms with E-state index in [0.29, 0.717) is 17.9 Å². The van der Waals surface area contributed by atoms with Gasteiger partial charge in [-0.1, -0.05) is 0 Å². The van der Waals surface area contributed by atoms with Crippen molar-refractivity contribution in [3.63, 3.8) is 0 Å². The quantitative estimate of drug-likeness (QED) is 0.695. The number of carbonyl (C=O) groups excluding carboxylic acids is 1. The Morgan fingerprint density at radius 3 is 2.69 bits per heavy atom. The summed E-state index contributed by atoms with van der Waals surface area (Å²) < 4.78 is 5.19. The molecule has 0 aliphatic rings. The van der Waals surface area contributed by atoms with Gasteiger partial charge in [0.15, 0.2) is 5.69 Å². The number of nitrogens with one attached hydrogen (secondary N) is 2. The second-order valence-electron chi connectivity index (χ2n) is 4.26. The molecule has 0 unspecified atom stereocenters. The normalized spacial score (nSPS) is 11.5. The highest BCUT2D eigenvalue weighted by Crippen LogP contribution is 2.12. The molecule has 0 radical (unpaired) electrons. The van der Waals surface area contributed by atoms with E-state index in [-0.39, 0.29) is 11.6 Å². The summed E-state index contributed by atoms with van der Waals surface area (Å²) >= 11 is 0. The van der Waals surface area contributed by atoms with Crippen LogP contribution in [0.4, 0.5) is 5.69 Å². The van der Waals surface area contributed by atoms with Gasteiger partial charge in [0, 0.05) is 13.7 Å². The molecule has 1 rings (SSSR count). The fourth-order valence-electron chi connectivity index (χ4n) is 1.06. The van der Waals surface area contributed by atoms with Crippen LogP contribution in [0, 0.1) is 6.92 Å². The van der Waals surface area contributed by atoms with E-state index >= 15 is 0 Å². The minimum Gasteiger partial charge on any atom is -0.395 e. The Morgan fingerprint density at radius 1 is 1.62 bits per heavy atom. The fourth-order valence-corrected chi connectivity index (χ4v) is 1.06. The van der Waals surface area contributed by atoms with Crippen molar-refractivity contribution in [2.75, 3.05) is 19.4 Å². The number of hydrogen-bond acceptors (Lipinski definition) is 4. The SMILES string of the molecule is COC(C)(C)CNC(=O)c1n[nH]c(C)c1N. The Hall–Kier alpha value is -1.56. The smallest absolute Gasteiger partial charge is 0.274 e. The van der Waals surface area contributed by atoms with Crippen molar-refractivity contribution >= 4 is 11.6 Å². The number of nitrogens with two attached hydrogens (primary N) is 1. The molecule has 1 aromatic heterocycles. The maximum Gasteiger partial charge on any atom is 0.274 e. The van der Waals surface area contributed by atoms with Crippen LogP contribution >= 0.6 is 0 Å². The zero-order chi connectivity index (χ0) is 12.3. The van der Waals surface area contributed by atoms with Gasteiger partial charge in [-0.15, -0.1) is 0 Å².